The van der Waals surface area contributed by atoms with Crippen molar-refractivity contribution >= 4 is 28.4 Å². The lowest BCUT2D eigenvalue weighted by molar-refractivity contribution is 0.0952. The standard InChI is InChI=1S/C24H19ClN2O2/c1-29-17-12-10-16(11-13-17)15-26-24(28)20-14-23(19-7-2-4-8-21(19)25)27-22-9-5-3-6-18(20)22/h2-14H,15H2,1H3,(H,26,28). The van der Waals surface area contributed by atoms with Crippen LogP contribution in [0.2, 0.25) is 5.02 Å². The van der Waals surface area contributed by atoms with Crippen LogP contribution in [0.4, 0.5) is 0 Å². The number of nitrogens with one attached hydrogen (secondary N) is 1. The fraction of sp³-hybridized carbons (Fsp3) is 0.0833. The summed E-state index contributed by atoms with van der Waals surface area (Å²) in [6.07, 6.45) is 0. The van der Waals surface area contributed by atoms with Crippen LogP contribution < -0.4 is 10.1 Å². The molecule has 0 unspecified atom stereocenters. The summed E-state index contributed by atoms with van der Waals surface area (Å²) in [5.41, 5.74) is 3.77. The van der Waals surface area contributed by atoms with E-state index >= 15 is 0 Å². The van der Waals surface area contributed by atoms with Gasteiger partial charge in [-0.25, -0.2) is 4.98 Å². The molecule has 29 heavy (non-hydrogen) atoms. The maximum absolute atomic E-state index is 13.0. The van der Waals surface area contributed by atoms with Gasteiger partial charge in [0, 0.05) is 22.5 Å². The van der Waals surface area contributed by atoms with Crippen molar-refractivity contribution < 1.29 is 9.53 Å². The molecule has 0 aliphatic carbocycles. The van der Waals surface area contributed by atoms with Gasteiger partial charge in [0.2, 0.25) is 0 Å². The number of methoxy groups -OCH3 is 1. The summed E-state index contributed by atoms with van der Waals surface area (Å²) in [6.45, 7) is 0.418. The average Bonchev–Trinajstić information content (AvgIpc) is 2.77. The molecule has 0 atom stereocenters. The lowest BCUT2D eigenvalue weighted by Crippen LogP contribution is -2.23. The highest BCUT2D eigenvalue weighted by Crippen LogP contribution is 2.29. The van der Waals surface area contributed by atoms with Crippen molar-refractivity contribution in [3.8, 4) is 17.0 Å². The Hall–Kier alpha value is -3.37. The maximum atomic E-state index is 13.0. The minimum absolute atomic E-state index is 0.160. The molecule has 0 aliphatic heterocycles. The highest BCUT2D eigenvalue weighted by Gasteiger charge is 2.15. The van der Waals surface area contributed by atoms with E-state index in [0.717, 1.165) is 27.8 Å². The number of pyridine rings is 1. The second-order valence-electron chi connectivity index (χ2n) is 6.58. The van der Waals surface area contributed by atoms with Gasteiger partial charge < -0.3 is 10.1 Å². The number of nitrogens with zero attached hydrogens (tertiary/aromatic N) is 1. The summed E-state index contributed by atoms with van der Waals surface area (Å²) in [6, 6.07) is 24.5. The van der Waals surface area contributed by atoms with Gasteiger partial charge in [-0.05, 0) is 35.9 Å². The van der Waals surface area contributed by atoms with Gasteiger partial charge in [-0.3, -0.25) is 4.79 Å². The van der Waals surface area contributed by atoms with Gasteiger partial charge in [-0.15, -0.1) is 0 Å². The van der Waals surface area contributed by atoms with E-state index in [1.807, 2.05) is 72.8 Å². The topological polar surface area (TPSA) is 51.2 Å². The Morgan fingerprint density at radius 2 is 1.72 bits per heavy atom. The number of halogens is 1. The number of rotatable bonds is 5. The molecule has 0 spiro atoms. The normalized spacial score (nSPS) is 10.7. The molecule has 5 heteroatoms. The molecule has 1 amide bonds. The van der Waals surface area contributed by atoms with Crippen molar-refractivity contribution in [3.05, 3.63) is 95.0 Å². The summed E-state index contributed by atoms with van der Waals surface area (Å²) in [7, 11) is 1.63. The summed E-state index contributed by atoms with van der Waals surface area (Å²) in [5.74, 6) is 0.623. The Morgan fingerprint density at radius 1 is 1.00 bits per heavy atom. The Balaban J connectivity index is 1.68. The first kappa shape index (κ1) is 19.0. The molecule has 0 saturated heterocycles. The number of hydrogen-bond donors (Lipinski definition) is 1. The molecular weight excluding hydrogens is 384 g/mol. The van der Waals surface area contributed by atoms with Crippen molar-refractivity contribution in [1.29, 1.82) is 0 Å². The largest absolute Gasteiger partial charge is 0.497 e. The Kier molecular flexibility index (Phi) is 5.45. The van der Waals surface area contributed by atoms with Crippen LogP contribution in [0.25, 0.3) is 22.2 Å². The number of carbonyl (C=O) groups is 1. The molecule has 4 rings (SSSR count). The summed E-state index contributed by atoms with van der Waals surface area (Å²) in [4.78, 5) is 17.7. The van der Waals surface area contributed by atoms with Crippen LogP contribution in [-0.2, 0) is 6.54 Å². The van der Waals surface area contributed by atoms with E-state index in [0.29, 0.717) is 22.8 Å². The highest BCUT2D eigenvalue weighted by atomic mass is 35.5. The smallest absolute Gasteiger partial charge is 0.252 e. The number of carbonyl (C=O) groups excluding carboxylic acids is 1. The SMILES string of the molecule is COc1ccc(CNC(=O)c2cc(-c3ccccc3Cl)nc3ccccc23)cc1. The zero-order chi connectivity index (χ0) is 20.2. The van der Waals surface area contributed by atoms with E-state index in [4.69, 9.17) is 21.3 Å². The van der Waals surface area contributed by atoms with E-state index in [-0.39, 0.29) is 5.91 Å². The van der Waals surface area contributed by atoms with Crippen molar-refractivity contribution in [1.82, 2.24) is 10.3 Å². The van der Waals surface area contributed by atoms with Gasteiger partial charge in [0.05, 0.1) is 23.9 Å². The first-order chi connectivity index (χ1) is 14.2. The summed E-state index contributed by atoms with van der Waals surface area (Å²) < 4.78 is 5.17. The number of benzene rings is 3. The predicted octanol–water partition coefficient (Wildman–Crippen LogP) is 5.49. The molecule has 144 valence electrons. The fourth-order valence-corrected chi connectivity index (χ4v) is 3.42. The van der Waals surface area contributed by atoms with E-state index < -0.39 is 0 Å². The van der Waals surface area contributed by atoms with Gasteiger partial charge in [0.25, 0.3) is 5.91 Å². The molecular formula is C24H19ClN2O2. The zero-order valence-electron chi connectivity index (χ0n) is 15.9. The Morgan fingerprint density at radius 3 is 2.48 bits per heavy atom. The average molecular weight is 403 g/mol. The van der Waals surface area contributed by atoms with E-state index in [1.165, 1.54) is 0 Å². The van der Waals surface area contributed by atoms with Crippen LogP contribution in [0.15, 0.2) is 78.9 Å². The molecule has 0 aliphatic rings. The predicted molar refractivity (Wildman–Crippen MR) is 116 cm³/mol. The molecule has 0 radical (unpaired) electrons. The molecule has 0 fully saturated rings. The minimum atomic E-state index is -0.160. The van der Waals surface area contributed by atoms with Crippen LogP contribution >= 0.6 is 11.6 Å². The first-order valence-electron chi connectivity index (χ1n) is 9.21. The number of ether oxygens (including phenoxy) is 1. The fourth-order valence-electron chi connectivity index (χ4n) is 3.19. The van der Waals surface area contributed by atoms with Gasteiger partial charge in [-0.2, -0.15) is 0 Å². The number of aromatic nitrogens is 1. The van der Waals surface area contributed by atoms with Crippen LogP contribution in [0, 0.1) is 0 Å². The molecule has 1 aromatic heterocycles. The Bertz CT molecular complexity index is 1170. The van der Waals surface area contributed by atoms with E-state index in [9.17, 15) is 4.79 Å². The third kappa shape index (κ3) is 4.08. The number of amides is 1. The lowest BCUT2D eigenvalue weighted by atomic mass is 10.0. The van der Waals surface area contributed by atoms with Crippen molar-refractivity contribution in [2.24, 2.45) is 0 Å². The quantitative estimate of drug-likeness (QED) is 0.480. The summed E-state index contributed by atoms with van der Waals surface area (Å²) in [5, 5.41) is 4.40. The van der Waals surface area contributed by atoms with Crippen LogP contribution in [0.3, 0.4) is 0 Å². The zero-order valence-corrected chi connectivity index (χ0v) is 16.6. The number of hydrogen-bond acceptors (Lipinski definition) is 3. The van der Waals surface area contributed by atoms with Crippen molar-refractivity contribution in [3.63, 3.8) is 0 Å². The molecule has 1 N–H and O–H groups in total. The molecule has 0 saturated carbocycles. The maximum Gasteiger partial charge on any atom is 0.252 e. The van der Waals surface area contributed by atoms with Crippen molar-refractivity contribution in [2.75, 3.05) is 7.11 Å². The van der Waals surface area contributed by atoms with Gasteiger partial charge in [-0.1, -0.05) is 60.1 Å². The lowest BCUT2D eigenvalue weighted by Gasteiger charge is -2.12. The molecule has 4 aromatic rings. The van der Waals surface area contributed by atoms with Crippen LogP contribution in [0.5, 0.6) is 5.75 Å². The molecule has 0 bridgehead atoms. The molecule has 3 aromatic carbocycles. The molecule has 4 nitrogen and oxygen atoms in total. The van der Waals surface area contributed by atoms with Crippen molar-refractivity contribution in [2.45, 2.75) is 6.54 Å². The second kappa shape index (κ2) is 8.33. The van der Waals surface area contributed by atoms with Gasteiger partial charge >= 0.3 is 0 Å². The van der Waals surface area contributed by atoms with Gasteiger partial charge in [0.1, 0.15) is 5.75 Å². The monoisotopic (exact) mass is 402 g/mol. The third-order valence-corrected chi connectivity index (χ3v) is 5.05. The first-order valence-corrected chi connectivity index (χ1v) is 9.59. The van der Waals surface area contributed by atoms with Gasteiger partial charge in [0.15, 0.2) is 0 Å². The summed E-state index contributed by atoms with van der Waals surface area (Å²) >= 11 is 6.36. The Labute approximate surface area is 174 Å². The number of fused-ring (bicyclic) bond motifs is 1. The van der Waals surface area contributed by atoms with E-state index in [1.54, 1.807) is 13.2 Å². The minimum Gasteiger partial charge on any atom is -0.497 e. The number of para-hydroxylation sites is 1. The third-order valence-electron chi connectivity index (χ3n) is 4.72. The molecule has 1 heterocycles. The highest BCUT2D eigenvalue weighted by molar-refractivity contribution is 6.33. The van der Waals surface area contributed by atoms with Crippen LogP contribution in [-0.4, -0.2) is 18.0 Å². The second-order valence-corrected chi connectivity index (χ2v) is 6.99. The van der Waals surface area contributed by atoms with E-state index in [2.05, 4.69) is 5.32 Å². The van der Waals surface area contributed by atoms with Crippen LogP contribution in [0.1, 0.15) is 15.9 Å².